The van der Waals surface area contributed by atoms with Gasteiger partial charge in [-0.1, -0.05) is 5.16 Å². The van der Waals surface area contributed by atoms with Crippen molar-refractivity contribution < 1.29 is 9.26 Å². The Kier molecular flexibility index (Phi) is 2.77. The van der Waals surface area contributed by atoms with Gasteiger partial charge in [-0.15, -0.1) is 0 Å². The lowest BCUT2D eigenvalue weighted by molar-refractivity contribution is 0.192. The molecule has 6 heteroatoms. The van der Waals surface area contributed by atoms with Gasteiger partial charge in [0.25, 0.3) is 5.89 Å². The second kappa shape index (κ2) is 4.63. The minimum atomic E-state index is 0.250. The highest BCUT2D eigenvalue weighted by Gasteiger charge is 2.28. The summed E-state index contributed by atoms with van der Waals surface area (Å²) in [5, 5.41) is 4.06. The molecule has 0 N–H and O–H groups in total. The molecule has 1 unspecified atom stereocenters. The van der Waals surface area contributed by atoms with Gasteiger partial charge in [0, 0.05) is 24.6 Å². The lowest BCUT2D eigenvalue weighted by Crippen LogP contribution is -2.00. The third-order valence-electron chi connectivity index (χ3n) is 3.91. The Bertz CT molecular complexity index is 630. The van der Waals surface area contributed by atoms with Crippen molar-refractivity contribution in [2.45, 2.75) is 38.0 Å². The topological polar surface area (TPSA) is 73.9 Å². The van der Waals surface area contributed by atoms with Crippen LogP contribution in [0.4, 0.5) is 0 Å². The van der Waals surface area contributed by atoms with Gasteiger partial charge in [0.1, 0.15) is 5.82 Å². The van der Waals surface area contributed by atoms with Crippen LogP contribution in [0.5, 0.6) is 0 Å². The number of aromatic nitrogens is 4. The second-order valence-corrected chi connectivity index (χ2v) is 5.52. The Hall–Kier alpha value is -1.82. The van der Waals surface area contributed by atoms with Gasteiger partial charge >= 0.3 is 0 Å². The smallest absolute Gasteiger partial charge is 0.261 e. The fourth-order valence-corrected chi connectivity index (χ4v) is 2.48. The van der Waals surface area contributed by atoms with Crippen LogP contribution in [0, 0.1) is 6.92 Å². The summed E-state index contributed by atoms with van der Waals surface area (Å²) >= 11 is 0. The summed E-state index contributed by atoms with van der Waals surface area (Å²) in [7, 11) is 0. The molecule has 4 rings (SSSR count). The molecule has 0 bridgehead atoms. The Morgan fingerprint density at radius 3 is 2.70 bits per heavy atom. The van der Waals surface area contributed by atoms with Crippen LogP contribution in [-0.4, -0.2) is 33.3 Å². The van der Waals surface area contributed by atoms with E-state index < -0.39 is 0 Å². The van der Waals surface area contributed by atoms with E-state index in [2.05, 4.69) is 20.1 Å². The molecule has 2 aromatic heterocycles. The molecule has 2 aromatic rings. The average Bonchev–Trinajstić information content (AvgIpc) is 2.97. The van der Waals surface area contributed by atoms with E-state index in [-0.39, 0.29) is 5.92 Å². The van der Waals surface area contributed by atoms with Crippen LogP contribution >= 0.6 is 0 Å². The van der Waals surface area contributed by atoms with E-state index >= 15 is 0 Å². The standard InChI is InChI=1S/C14H16N4O2/c1-8-11(6-15-12(16-8)9-2-3-9)14-17-13(18-20-14)10-4-5-19-7-10/h6,9-10H,2-5,7H2,1H3. The third kappa shape index (κ3) is 2.10. The summed E-state index contributed by atoms with van der Waals surface area (Å²) in [6.45, 7) is 3.41. The first-order valence-corrected chi connectivity index (χ1v) is 7.06. The van der Waals surface area contributed by atoms with Crippen molar-refractivity contribution in [2.24, 2.45) is 0 Å². The number of aryl methyl sites for hydroxylation is 1. The lowest BCUT2D eigenvalue weighted by Gasteiger charge is -2.02. The molecule has 0 radical (unpaired) electrons. The summed E-state index contributed by atoms with van der Waals surface area (Å²) in [5.41, 5.74) is 1.73. The first-order chi connectivity index (χ1) is 9.81. The number of hydrogen-bond acceptors (Lipinski definition) is 6. The van der Waals surface area contributed by atoms with Gasteiger partial charge in [0.15, 0.2) is 5.82 Å². The SMILES string of the molecule is Cc1nc(C2CC2)ncc1-c1nc(C2CCOC2)no1. The molecule has 104 valence electrons. The van der Waals surface area contributed by atoms with Gasteiger partial charge in [-0.2, -0.15) is 4.98 Å². The number of rotatable bonds is 3. The lowest BCUT2D eigenvalue weighted by atomic mass is 10.1. The van der Waals surface area contributed by atoms with Crippen molar-refractivity contribution in [3.8, 4) is 11.5 Å². The van der Waals surface area contributed by atoms with Gasteiger partial charge in [-0.05, 0) is 26.2 Å². The molecular formula is C14H16N4O2. The van der Waals surface area contributed by atoms with Crippen LogP contribution in [0.2, 0.25) is 0 Å². The van der Waals surface area contributed by atoms with Crippen molar-refractivity contribution in [3.63, 3.8) is 0 Å². The summed E-state index contributed by atoms with van der Waals surface area (Å²) in [6.07, 6.45) is 5.16. The van der Waals surface area contributed by atoms with E-state index in [1.165, 1.54) is 12.8 Å². The van der Waals surface area contributed by atoms with Gasteiger partial charge in [-0.3, -0.25) is 0 Å². The van der Waals surface area contributed by atoms with Crippen LogP contribution in [-0.2, 0) is 4.74 Å². The normalized spacial score (nSPS) is 22.4. The third-order valence-corrected chi connectivity index (χ3v) is 3.91. The molecule has 1 aliphatic carbocycles. The summed E-state index contributed by atoms with van der Waals surface area (Å²) in [5.74, 6) is 2.97. The molecule has 0 amide bonds. The van der Waals surface area contributed by atoms with Crippen molar-refractivity contribution in [1.82, 2.24) is 20.1 Å². The van der Waals surface area contributed by atoms with E-state index in [9.17, 15) is 0 Å². The van der Waals surface area contributed by atoms with E-state index in [1.54, 1.807) is 6.20 Å². The monoisotopic (exact) mass is 272 g/mol. The second-order valence-electron chi connectivity index (χ2n) is 5.52. The van der Waals surface area contributed by atoms with Crippen molar-refractivity contribution in [1.29, 1.82) is 0 Å². The minimum absolute atomic E-state index is 0.250. The quantitative estimate of drug-likeness (QED) is 0.853. The van der Waals surface area contributed by atoms with Gasteiger partial charge in [-0.25, -0.2) is 9.97 Å². The molecule has 20 heavy (non-hydrogen) atoms. The van der Waals surface area contributed by atoms with Crippen molar-refractivity contribution in [2.75, 3.05) is 13.2 Å². The average molecular weight is 272 g/mol. The highest BCUT2D eigenvalue weighted by Crippen LogP contribution is 2.38. The highest BCUT2D eigenvalue weighted by atomic mass is 16.5. The van der Waals surface area contributed by atoms with Crippen LogP contribution < -0.4 is 0 Å². The van der Waals surface area contributed by atoms with E-state index in [4.69, 9.17) is 9.26 Å². The zero-order chi connectivity index (χ0) is 13.5. The molecule has 3 heterocycles. The molecular weight excluding hydrogens is 256 g/mol. The van der Waals surface area contributed by atoms with Crippen LogP contribution in [0.25, 0.3) is 11.5 Å². The molecule has 1 aliphatic heterocycles. The highest BCUT2D eigenvalue weighted by molar-refractivity contribution is 5.54. The number of nitrogens with zero attached hydrogens (tertiary/aromatic N) is 4. The molecule has 2 aliphatic rings. The van der Waals surface area contributed by atoms with E-state index in [0.29, 0.717) is 18.4 Å². The summed E-state index contributed by atoms with van der Waals surface area (Å²) in [4.78, 5) is 13.5. The zero-order valence-corrected chi connectivity index (χ0v) is 11.4. The maximum Gasteiger partial charge on any atom is 0.261 e. The van der Waals surface area contributed by atoms with Gasteiger partial charge in [0.2, 0.25) is 0 Å². The molecule has 0 aromatic carbocycles. The summed E-state index contributed by atoms with van der Waals surface area (Å²) in [6, 6.07) is 0. The maximum atomic E-state index is 5.36. The van der Waals surface area contributed by atoms with Crippen molar-refractivity contribution >= 4 is 0 Å². The predicted octanol–water partition coefficient (Wildman–Crippen LogP) is 2.22. The molecule has 1 atom stereocenters. The summed E-state index contributed by atoms with van der Waals surface area (Å²) < 4.78 is 10.7. The van der Waals surface area contributed by atoms with Gasteiger partial charge in [0.05, 0.1) is 17.9 Å². The zero-order valence-electron chi connectivity index (χ0n) is 11.4. The van der Waals surface area contributed by atoms with Crippen molar-refractivity contribution in [3.05, 3.63) is 23.5 Å². The molecule has 0 spiro atoms. The maximum absolute atomic E-state index is 5.36. The number of hydrogen-bond donors (Lipinski definition) is 0. The first-order valence-electron chi connectivity index (χ1n) is 7.06. The van der Waals surface area contributed by atoms with Crippen LogP contribution in [0.1, 0.15) is 48.4 Å². The Morgan fingerprint density at radius 2 is 2.00 bits per heavy atom. The van der Waals surface area contributed by atoms with E-state index in [0.717, 1.165) is 35.9 Å². The fraction of sp³-hybridized carbons (Fsp3) is 0.571. The largest absolute Gasteiger partial charge is 0.381 e. The molecule has 1 saturated carbocycles. The number of ether oxygens (including phenoxy) is 1. The van der Waals surface area contributed by atoms with Gasteiger partial charge < -0.3 is 9.26 Å². The Balaban J connectivity index is 1.63. The minimum Gasteiger partial charge on any atom is -0.381 e. The van der Waals surface area contributed by atoms with Crippen LogP contribution in [0.3, 0.4) is 0 Å². The Morgan fingerprint density at radius 1 is 1.10 bits per heavy atom. The first kappa shape index (κ1) is 12.0. The molecule has 6 nitrogen and oxygen atoms in total. The predicted molar refractivity (Wildman–Crippen MR) is 70.2 cm³/mol. The molecule has 1 saturated heterocycles. The van der Waals surface area contributed by atoms with Crippen LogP contribution in [0.15, 0.2) is 10.7 Å². The fourth-order valence-electron chi connectivity index (χ4n) is 2.48. The molecule has 2 fully saturated rings. The Labute approximate surface area is 116 Å². The van der Waals surface area contributed by atoms with E-state index in [1.807, 2.05) is 6.92 Å².